The number of hydrogen-bond acceptors (Lipinski definition) is 5. The molecule has 5 heteroatoms. The fourth-order valence-corrected chi connectivity index (χ4v) is 3.28. The summed E-state index contributed by atoms with van der Waals surface area (Å²) in [5.74, 6) is 0.672. The van der Waals surface area contributed by atoms with Gasteiger partial charge >= 0.3 is 0 Å². The van der Waals surface area contributed by atoms with Gasteiger partial charge in [0.2, 0.25) is 0 Å². The first-order valence-electron chi connectivity index (χ1n) is 8.11. The van der Waals surface area contributed by atoms with Gasteiger partial charge in [0.25, 0.3) is 0 Å². The van der Waals surface area contributed by atoms with E-state index in [0.717, 1.165) is 65.2 Å². The Labute approximate surface area is 121 Å². The van der Waals surface area contributed by atoms with E-state index in [1.54, 1.807) is 0 Å². The lowest BCUT2D eigenvalue weighted by molar-refractivity contribution is 0.00480. The lowest BCUT2D eigenvalue weighted by atomic mass is 10.1. The normalized spacial score (nSPS) is 30.0. The largest absolute Gasteiger partial charge is 0.390 e. The van der Waals surface area contributed by atoms with Crippen LogP contribution in [0.1, 0.15) is 19.3 Å². The van der Waals surface area contributed by atoms with E-state index in [2.05, 4.69) is 9.80 Å². The monoisotopic (exact) mass is 284 g/mol. The molecule has 1 aliphatic carbocycles. The van der Waals surface area contributed by atoms with Gasteiger partial charge < -0.3 is 14.6 Å². The molecular formula is C15H28N2O3. The molecule has 3 fully saturated rings. The molecule has 0 spiro atoms. The number of β-amino-alcohol motifs (C(OH)–C–C–N with tert-alkyl or cyclic N) is 1. The van der Waals surface area contributed by atoms with Crippen LogP contribution in [0.2, 0.25) is 0 Å². The second-order valence-corrected chi connectivity index (χ2v) is 6.48. The second-order valence-electron chi connectivity index (χ2n) is 6.48. The molecule has 0 aromatic carbocycles. The van der Waals surface area contributed by atoms with Gasteiger partial charge in [0.05, 0.1) is 25.9 Å². The molecule has 0 radical (unpaired) electrons. The topological polar surface area (TPSA) is 45.2 Å². The average Bonchev–Trinajstić information content (AvgIpc) is 3.18. The van der Waals surface area contributed by atoms with Gasteiger partial charge in [-0.3, -0.25) is 9.80 Å². The van der Waals surface area contributed by atoms with Crippen molar-refractivity contribution in [1.82, 2.24) is 9.80 Å². The van der Waals surface area contributed by atoms with E-state index >= 15 is 0 Å². The number of ether oxygens (including phenoxy) is 2. The van der Waals surface area contributed by atoms with Crippen LogP contribution in [-0.4, -0.2) is 86.2 Å². The summed E-state index contributed by atoms with van der Waals surface area (Å²) >= 11 is 0. The van der Waals surface area contributed by atoms with E-state index in [4.69, 9.17) is 9.47 Å². The predicted octanol–water partition coefficient (Wildman–Crippen LogP) is 0.180. The number of nitrogens with zero attached hydrogens (tertiary/aromatic N) is 2. The number of morpholine rings is 1. The Bertz CT molecular complexity index is 287. The molecule has 20 heavy (non-hydrogen) atoms. The Balaban J connectivity index is 1.42. The van der Waals surface area contributed by atoms with Crippen LogP contribution in [0.25, 0.3) is 0 Å². The molecular weight excluding hydrogens is 256 g/mol. The first kappa shape index (κ1) is 14.7. The molecule has 3 aliphatic rings. The highest BCUT2D eigenvalue weighted by Crippen LogP contribution is 2.29. The van der Waals surface area contributed by atoms with Crippen molar-refractivity contribution < 1.29 is 14.6 Å². The summed E-state index contributed by atoms with van der Waals surface area (Å²) < 4.78 is 10.8. The summed E-state index contributed by atoms with van der Waals surface area (Å²) in [7, 11) is 0. The number of aliphatic hydroxyl groups is 1. The van der Waals surface area contributed by atoms with E-state index in [1.807, 2.05) is 0 Å². The maximum Gasteiger partial charge on any atom is 0.0793 e. The van der Waals surface area contributed by atoms with Crippen molar-refractivity contribution in [2.24, 2.45) is 5.92 Å². The third kappa shape index (κ3) is 4.40. The summed E-state index contributed by atoms with van der Waals surface area (Å²) in [6.07, 6.45) is 3.55. The fourth-order valence-electron chi connectivity index (χ4n) is 3.28. The maximum atomic E-state index is 10.4. The Hall–Kier alpha value is -0.200. The highest BCUT2D eigenvalue weighted by molar-refractivity contribution is 4.88. The average molecular weight is 284 g/mol. The lowest BCUT2D eigenvalue weighted by Crippen LogP contribution is -2.46. The molecule has 0 aromatic rings. The minimum Gasteiger partial charge on any atom is -0.390 e. The number of rotatable bonds is 7. The summed E-state index contributed by atoms with van der Waals surface area (Å²) in [6, 6.07) is 0.718. The molecule has 3 rings (SSSR count). The zero-order chi connectivity index (χ0) is 13.8. The van der Waals surface area contributed by atoms with Gasteiger partial charge in [0.15, 0.2) is 0 Å². The van der Waals surface area contributed by atoms with Crippen LogP contribution in [0.3, 0.4) is 0 Å². The molecule has 2 atom stereocenters. The Morgan fingerprint density at radius 1 is 1.10 bits per heavy atom. The standard InChI is InChI=1S/C15H28N2O3/c18-15(10-16-4-7-19-8-5-16)11-17(14-1-2-14)9-13-3-6-20-12-13/h13-15,18H,1-12H2/t13-,15+/m0/s1. The number of aliphatic hydroxyl groups excluding tert-OH is 1. The molecule has 0 amide bonds. The Morgan fingerprint density at radius 2 is 1.90 bits per heavy atom. The summed E-state index contributed by atoms with van der Waals surface area (Å²) in [6.45, 7) is 8.05. The van der Waals surface area contributed by atoms with Gasteiger partial charge in [-0.05, 0) is 25.2 Å². The molecule has 116 valence electrons. The van der Waals surface area contributed by atoms with E-state index in [0.29, 0.717) is 5.92 Å². The zero-order valence-corrected chi connectivity index (χ0v) is 12.4. The molecule has 2 heterocycles. The van der Waals surface area contributed by atoms with E-state index in [9.17, 15) is 5.11 Å². The lowest BCUT2D eigenvalue weighted by Gasteiger charge is -2.32. The third-order valence-corrected chi connectivity index (χ3v) is 4.60. The highest BCUT2D eigenvalue weighted by Gasteiger charge is 2.33. The maximum absolute atomic E-state index is 10.4. The summed E-state index contributed by atoms with van der Waals surface area (Å²) in [5.41, 5.74) is 0. The Morgan fingerprint density at radius 3 is 2.55 bits per heavy atom. The van der Waals surface area contributed by atoms with Gasteiger partial charge in [0, 0.05) is 45.4 Å². The second kappa shape index (κ2) is 7.18. The molecule has 0 aromatic heterocycles. The third-order valence-electron chi connectivity index (χ3n) is 4.60. The van der Waals surface area contributed by atoms with E-state index in [1.165, 1.54) is 19.3 Å². The SMILES string of the molecule is O[C@H](CN1CCOCC1)CN(C[C@@H]1CCOC1)C1CC1. The minimum atomic E-state index is -0.240. The van der Waals surface area contributed by atoms with Crippen molar-refractivity contribution in [3.8, 4) is 0 Å². The van der Waals surface area contributed by atoms with Gasteiger partial charge in [-0.1, -0.05) is 0 Å². The van der Waals surface area contributed by atoms with Crippen molar-refractivity contribution in [2.45, 2.75) is 31.4 Å². The minimum absolute atomic E-state index is 0.240. The number of hydrogen-bond donors (Lipinski definition) is 1. The molecule has 2 aliphatic heterocycles. The molecule has 1 saturated carbocycles. The van der Waals surface area contributed by atoms with Crippen molar-refractivity contribution in [1.29, 1.82) is 0 Å². The van der Waals surface area contributed by atoms with Crippen molar-refractivity contribution >= 4 is 0 Å². The van der Waals surface area contributed by atoms with Crippen molar-refractivity contribution in [3.05, 3.63) is 0 Å². The highest BCUT2D eigenvalue weighted by atomic mass is 16.5. The van der Waals surface area contributed by atoms with Crippen LogP contribution in [-0.2, 0) is 9.47 Å². The quantitative estimate of drug-likeness (QED) is 0.722. The van der Waals surface area contributed by atoms with Crippen LogP contribution in [0.15, 0.2) is 0 Å². The van der Waals surface area contributed by atoms with Crippen LogP contribution in [0.5, 0.6) is 0 Å². The van der Waals surface area contributed by atoms with E-state index in [-0.39, 0.29) is 6.10 Å². The fraction of sp³-hybridized carbons (Fsp3) is 1.00. The van der Waals surface area contributed by atoms with Gasteiger partial charge in [-0.25, -0.2) is 0 Å². The van der Waals surface area contributed by atoms with Crippen LogP contribution >= 0.6 is 0 Å². The summed E-state index contributed by atoms with van der Waals surface area (Å²) in [4.78, 5) is 4.82. The van der Waals surface area contributed by atoms with E-state index < -0.39 is 0 Å². The molecule has 0 bridgehead atoms. The van der Waals surface area contributed by atoms with Crippen molar-refractivity contribution in [3.63, 3.8) is 0 Å². The molecule has 5 nitrogen and oxygen atoms in total. The van der Waals surface area contributed by atoms with Crippen LogP contribution in [0.4, 0.5) is 0 Å². The molecule has 2 saturated heterocycles. The van der Waals surface area contributed by atoms with Crippen LogP contribution in [0, 0.1) is 5.92 Å². The first-order valence-corrected chi connectivity index (χ1v) is 8.11. The molecule has 1 N–H and O–H groups in total. The smallest absolute Gasteiger partial charge is 0.0793 e. The van der Waals surface area contributed by atoms with Crippen molar-refractivity contribution in [2.75, 3.05) is 59.2 Å². The molecule has 0 unspecified atom stereocenters. The summed E-state index contributed by atoms with van der Waals surface area (Å²) in [5, 5.41) is 10.4. The first-order chi connectivity index (χ1) is 9.81. The van der Waals surface area contributed by atoms with Gasteiger partial charge in [-0.15, -0.1) is 0 Å². The zero-order valence-electron chi connectivity index (χ0n) is 12.4. The van der Waals surface area contributed by atoms with Gasteiger partial charge in [-0.2, -0.15) is 0 Å². The van der Waals surface area contributed by atoms with Crippen LogP contribution < -0.4 is 0 Å². The van der Waals surface area contributed by atoms with Gasteiger partial charge in [0.1, 0.15) is 0 Å². The predicted molar refractivity (Wildman–Crippen MR) is 76.8 cm³/mol. The Kier molecular flexibility index (Phi) is 5.29.